The number of fused-ring (bicyclic) bond motifs is 1. The number of imidazole rings is 1. The Kier molecular flexibility index (Phi) is 8.85. The number of benzene rings is 3. The molecule has 1 aliphatic rings. The van der Waals surface area contributed by atoms with Crippen LogP contribution in [0.3, 0.4) is 0 Å². The molecule has 1 aliphatic heterocycles. The van der Waals surface area contributed by atoms with Crippen molar-refractivity contribution in [3.8, 4) is 22.6 Å². The molecule has 2 amide bonds. The van der Waals surface area contributed by atoms with Crippen LogP contribution in [0.5, 0.6) is 0 Å². The van der Waals surface area contributed by atoms with Gasteiger partial charge in [0.25, 0.3) is 0 Å². The molecule has 48 heavy (non-hydrogen) atoms. The van der Waals surface area contributed by atoms with Gasteiger partial charge in [0.05, 0.1) is 23.1 Å². The Hall–Kier alpha value is -5.54. The zero-order chi connectivity index (χ0) is 33.0. The van der Waals surface area contributed by atoms with E-state index in [9.17, 15) is 4.79 Å². The van der Waals surface area contributed by atoms with Crippen LogP contribution in [0.15, 0.2) is 116 Å². The number of carbonyl (C=O) groups is 1. The average Bonchev–Trinajstić information content (AvgIpc) is 3.76. The summed E-state index contributed by atoms with van der Waals surface area (Å²) in [6, 6.07) is 34.2. The molecule has 2 atom stereocenters. The van der Waals surface area contributed by atoms with E-state index in [-0.39, 0.29) is 12.1 Å². The molecular weight excluding hydrogens is 596 g/mol. The van der Waals surface area contributed by atoms with E-state index in [4.69, 9.17) is 9.97 Å². The molecule has 0 saturated carbocycles. The zero-order valence-electron chi connectivity index (χ0n) is 27.5. The minimum Gasteiger partial charge on any atom is -0.331 e. The van der Waals surface area contributed by atoms with E-state index < -0.39 is 0 Å². The summed E-state index contributed by atoms with van der Waals surface area (Å²) in [6.45, 7) is 8.76. The second-order valence-electron chi connectivity index (χ2n) is 12.6. The highest BCUT2D eigenvalue weighted by molar-refractivity contribution is 5.91. The van der Waals surface area contributed by atoms with Crippen molar-refractivity contribution in [2.45, 2.75) is 45.2 Å². The minimum absolute atomic E-state index is 0.138. The molecule has 1 unspecified atom stereocenters. The predicted octanol–water partition coefficient (Wildman–Crippen LogP) is 8.28. The van der Waals surface area contributed by atoms with Gasteiger partial charge in [-0.1, -0.05) is 60.7 Å². The Morgan fingerprint density at radius 1 is 0.854 bits per heavy atom. The summed E-state index contributed by atoms with van der Waals surface area (Å²) in [5, 5.41) is 9.40. The third-order valence-corrected chi connectivity index (χ3v) is 9.06. The molecule has 7 rings (SSSR count). The topological polar surface area (TPSA) is 99.5 Å². The molecule has 6 aromatic rings. The number of hydrogen-bond donors (Lipinski definition) is 3. The summed E-state index contributed by atoms with van der Waals surface area (Å²) in [5.74, 6) is 1.07. The Morgan fingerprint density at radius 2 is 1.67 bits per heavy atom. The third kappa shape index (κ3) is 6.77. The minimum atomic E-state index is -0.279. The van der Waals surface area contributed by atoms with Gasteiger partial charge in [-0.15, -0.1) is 0 Å². The number of amides is 2. The maximum absolute atomic E-state index is 12.9. The number of rotatable bonds is 9. The Labute approximate surface area is 281 Å². The van der Waals surface area contributed by atoms with E-state index in [1.165, 1.54) is 12.0 Å². The number of urea groups is 1. The molecule has 0 spiro atoms. The molecule has 242 valence electrons. The molecule has 1 fully saturated rings. The fourth-order valence-corrected chi connectivity index (χ4v) is 6.42. The Bertz CT molecular complexity index is 2020. The van der Waals surface area contributed by atoms with E-state index >= 15 is 0 Å². The first-order valence-corrected chi connectivity index (χ1v) is 16.6. The van der Waals surface area contributed by atoms with Gasteiger partial charge in [-0.25, -0.2) is 19.7 Å². The van der Waals surface area contributed by atoms with Crippen LogP contribution in [0, 0.1) is 0 Å². The van der Waals surface area contributed by atoms with Crippen LogP contribution in [-0.4, -0.2) is 49.4 Å². The number of nitrogens with one attached hydrogen (secondary N) is 3. The van der Waals surface area contributed by atoms with Crippen molar-refractivity contribution in [3.63, 3.8) is 0 Å². The lowest BCUT2D eigenvalue weighted by Crippen LogP contribution is -2.31. The normalized spacial score (nSPS) is 15.5. The van der Waals surface area contributed by atoms with Crippen molar-refractivity contribution in [2.75, 3.05) is 23.7 Å². The number of nitrogens with zero attached hydrogens (tertiary/aromatic N) is 5. The first kappa shape index (κ1) is 31.1. The first-order chi connectivity index (χ1) is 23.4. The highest BCUT2D eigenvalue weighted by atomic mass is 16.2. The SMILES string of the molecule is CC(C)N1CCC(c2ccc(Nc3nccc(-c4c(-c5cccc(NC(=O)N[C@@H](C)c6ccccc6)c5)nc5ccccn45)n3)cc2)C1. The molecule has 9 heteroatoms. The zero-order valence-corrected chi connectivity index (χ0v) is 27.5. The molecule has 3 N–H and O–H groups in total. The monoisotopic (exact) mass is 636 g/mol. The lowest BCUT2D eigenvalue weighted by Gasteiger charge is -2.20. The van der Waals surface area contributed by atoms with E-state index in [1.807, 2.05) is 96.4 Å². The smallest absolute Gasteiger partial charge is 0.319 e. The molecule has 9 nitrogen and oxygen atoms in total. The van der Waals surface area contributed by atoms with Crippen molar-refractivity contribution >= 4 is 29.0 Å². The van der Waals surface area contributed by atoms with Crippen molar-refractivity contribution in [1.82, 2.24) is 29.6 Å². The summed E-state index contributed by atoms with van der Waals surface area (Å²) < 4.78 is 2.03. The number of likely N-dealkylation sites (tertiary alicyclic amines) is 1. The second kappa shape index (κ2) is 13.7. The highest BCUT2D eigenvalue weighted by Crippen LogP contribution is 2.34. The molecule has 1 saturated heterocycles. The maximum atomic E-state index is 12.9. The van der Waals surface area contributed by atoms with Crippen LogP contribution >= 0.6 is 0 Å². The molecule has 3 aromatic heterocycles. The van der Waals surface area contributed by atoms with E-state index in [2.05, 4.69) is 63.9 Å². The van der Waals surface area contributed by atoms with Crippen molar-refractivity contribution in [2.24, 2.45) is 0 Å². The number of pyridine rings is 1. The van der Waals surface area contributed by atoms with Crippen LogP contribution in [0.4, 0.5) is 22.1 Å². The molecule has 0 radical (unpaired) electrons. The Balaban J connectivity index is 1.12. The van der Waals surface area contributed by atoms with E-state index in [0.717, 1.165) is 52.6 Å². The van der Waals surface area contributed by atoms with Crippen molar-refractivity contribution in [1.29, 1.82) is 0 Å². The van der Waals surface area contributed by atoms with E-state index in [0.29, 0.717) is 23.6 Å². The van der Waals surface area contributed by atoms with Gasteiger partial charge in [0.2, 0.25) is 5.95 Å². The molecular formula is C39H40N8O. The van der Waals surface area contributed by atoms with Gasteiger partial charge < -0.3 is 20.9 Å². The third-order valence-electron chi connectivity index (χ3n) is 9.06. The quantitative estimate of drug-likeness (QED) is 0.148. The van der Waals surface area contributed by atoms with Crippen LogP contribution in [-0.2, 0) is 0 Å². The maximum Gasteiger partial charge on any atom is 0.319 e. The fourth-order valence-electron chi connectivity index (χ4n) is 6.42. The van der Waals surface area contributed by atoms with E-state index in [1.54, 1.807) is 6.20 Å². The lowest BCUT2D eigenvalue weighted by atomic mass is 9.98. The van der Waals surface area contributed by atoms with Gasteiger partial charge in [0.15, 0.2) is 0 Å². The Morgan fingerprint density at radius 3 is 2.46 bits per heavy atom. The summed E-state index contributed by atoms with van der Waals surface area (Å²) >= 11 is 0. The van der Waals surface area contributed by atoms with Crippen LogP contribution in [0.2, 0.25) is 0 Å². The van der Waals surface area contributed by atoms with Crippen LogP contribution in [0.1, 0.15) is 50.3 Å². The summed E-state index contributed by atoms with van der Waals surface area (Å²) in [5.41, 5.74) is 7.97. The largest absolute Gasteiger partial charge is 0.331 e. The van der Waals surface area contributed by atoms with Gasteiger partial charge in [-0.05, 0) is 93.2 Å². The first-order valence-electron chi connectivity index (χ1n) is 16.6. The van der Waals surface area contributed by atoms with Gasteiger partial charge in [-0.2, -0.15) is 0 Å². The fraction of sp³-hybridized carbons (Fsp3) is 0.231. The lowest BCUT2D eigenvalue weighted by molar-refractivity contribution is 0.249. The molecule has 3 aromatic carbocycles. The van der Waals surface area contributed by atoms with Gasteiger partial charge in [0, 0.05) is 41.9 Å². The van der Waals surface area contributed by atoms with Gasteiger partial charge in [0.1, 0.15) is 5.65 Å². The molecule has 0 bridgehead atoms. The standard InChI is InChI=1S/C39H40N8O/c1-26(2)46-23-20-31(25-46)29-15-17-32(18-16-29)42-38-40-21-19-34(44-38)37-36(45-35-14-7-8-22-47(35)37)30-12-9-13-33(24-30)43-39(48)41-27(3)28-10-5-4-6-11-28/h4-19,21-22,24,26-27,31H,20,23,25H2,1-3H3,(H,40,42,44)(H2,41,43,48)/t27-,31?/m0/s1. The second-order valence-corrected chi connectivity index (χ2v) is 12.6. The summed E-state index contributed by atoms with van der Waals surface area (Å²) in [7, 11) is 0. The summed E-state index contributed by atoms with van der Waals surface area (Å²) in [6.07, 6.45) is 4.94. The van der Waals surface area contributed by atoms with Gasteiger partial charge in [-0.3, -0.25) is 4.40 Å². The number of hydrogen-bond acceptors (Lipinski definition) is 6. The number of carbonyl (C=O) groups excluding carboxylic acids is 1. The predicted molar refractivity (Wildman–Crippen MR) is 192 cm³/mol. The molecule has 0 aliphatic carbocycles. The van der Waals surface area contributed by atoms with Crippen molar-refractivity contribution in [3.05, 3.63) is 127 Å². The van der Waals surface area contributed by atoms with Crippen molar-refractivity contribution < 1.29 is 4.79 Å². The van der Waals surface area contributed by atoms with Crippen LogP contribution in [0.25, 0.3) is 28.3 Å². The van der Waals surface area contributed by atoms with Crippen LogP contribution < -0.4 is 16.0 Å². The van der Waals surface area contributed by atoms with Gasteiger partial charge >= 0.3 is 6.03 Å². The highest BCUT2D eigenvalue weighted by Gasteiger charge is 2.25. The summed E-state index contributed by atoms with van der Waals surface area (Å²) in [4.78, 5) is 29.9. The number of aromatic nitrogens is 4. The average molecular weight is 637 g/mol. The molecule has 4 heterocycles. The number of anilines is 3.